The van der Waals surface area contributed by atoms with Gasteiger partial charge in [-0.05, 0) is 48.4 Å². The lowest BCUT2D eigenvalue weighted by atomic mass is 9.98. The molecule has 2 rings (SSSR count). The largest absolute Gasteiger partial charge is 0.497 e. The van der Waals surface area contributed by atoms with Crippen LogP contribution in [0.1, 0.15) is 24.1 Å². The van der Waals surface area contributed by atoms with Crippen LogP contribution in [0.15, 0.2) is 48.5 Å². The van der Waals surface area contributed by atoms with Gasteiger partial charge in [-0.25, -0.2) is 0 Å². The van der Waals surface area contributed by atoms with E-state index in [0.717, 1.165) is 24.5 Å². The zero-order valence-corrected chi connectivity index (χ0v) is 12.9. The third-order valence-corrected chi connectivity index (χ3v) is 3.54. The highest BCUT2D eigenvalue weighted by Gasteiger charge is 2.11. The molecule has 0 saturated heterocycles. The molecule has 2 aromatic carbocycles. The van der Waals surface area contributed by atoms with Crippen molar-refractivity contribution in [1.82, 2.24) is 5.32 Å². The first-order valence-electron chi connectivity index (χ1n) is 7.27. The van der Waals surface area contributed by atoms with Gasteiger partial charge in [-0.15, -0.1) is 0 Å². The van der Waals surface area contributed by atoms with Gasteiger partial charge in [0.2, 0.25) is 0 Å². The lowest BCUT2D eigenvalue weighted by Crippen LogP contribution is -2.22. The van der Waals surface area contributed by atoms with Crippen LogP contribution in [-0.4, -0.2) is 20.8 Å². The van der Waals surface area contributed by atoms with E-state index in [4.69, 9.17) is 9.47 Å². The Balaban J connectivity index is 2.17. The fourth-order valence-corrected chi connectivity index (χ4v) is 2.43. The lowest BCUT2D eigenvalue weighted by Gasteiger charge is -2.19. The standard InChI is InChI=1S/C18H23NO2/c1-4-19-18(15-8-10-16(20-2)11-9-15)13-14-6-5-7-17(12-14)21-3/h5-12,18-19H,4,13H2,1-3H3. The number of ether oxygens (including phenoxy) is 2. The number of likely N-dealkylation sites (N-methyl/N-ethyl adjacent to an activating group) is 1. The van der Waals surface area contributed by atoms with E-state index >= 15 is 0 Å². The first kappa shape index (κ1) is 15.4. The average molecular weight is 285 g/mol. The number of hydrogen-bond acceptors (Lipinski definition) is 3. The molecule has 0 saturated carbocycles. The predicted molar refractivity (Wildman–Crippen MR) is 86.1 cm³/mol. The zero-order valence-electron chi connectivity index (χ0n) is 12.9. The van der Waals surface area contributed by atoms with Crippen LogP contribution >= 0.6 is 0 Å². The molecule has 0 amide bonds. The summed E-state index contributed by atoms with van der Waals surface area (Å²) < 4.78 is 10.5. The molecule has 0 aliphatic carbocycles. The molecule has 0 fully saturated rings. The highest BCUT2D eigenvalue weighted by atomic mass is 16.5. The van der Waals surface area contributed by atoms with E-state index < -0.39 is 0 Å². The predicted octanol–water partition coefficient (Wildman–Crippen LogP) is 3.60. The SMILES string of the molecule is CCNC(Cc1cccc(OC)c1)c1ccc(OC)cc1. The number of hydrogen-bond donors (Lipinski definition) is 1. The Hall–Kier alpha value is -2.00. The molecule has 21 heavy (non-hydrogen) atoms. The summed E-state index contributed by atoms with van der Waals surface area (Å²) >= 11 is 0. The van der Waals surface area contributed by atoms with Gasteiger partial charge in [0, 0.05) is 6.04 Å². The van der Waals surface area contributed by atoms with E-state index in [1.54, 1.807) is 14.2 Å². The van der Waals surface area contributed by atoms with Crippen molar-refractivity contribution in [1.29, 1.82) is 0 Å². The molecule has 3 nitrogen and oxygen atoms in total. The molecular weight excluding hydrogens is 262 g/mol. The summed E-state index contributed by atoms with van der Waals surface area (Å²) in [6.07, 6.45) is 0.928. The van der Waals surface area contributed by atoms with Crippen LogP contribution in [0.4, 0.5) is 0 Å². The third kappa shape index (κ3) is 4.23. The van der Waals surface area contributed by atoms with Crippen molar-refractivity contribution in [2.75, 3.05) is 20.8 Å². The van der Waals surface area contributed by atoms with E-state index in [2.05, 4.69) is 36.5 Å². The molecule has 2 aromatic rings. The third-order valence-electron chi connectivity index (χ3n) is 3.54. The van der Waals surface area contributed by atoms with Gasteiger partial charge >= 0.3 is 0 Å². The van der Waals surface area contributed by atoms with Gasteiger partial charge in [0.25, 0.3) is 0 Å². The molecule has 3 heteroatoms. The maximum absolute atomic E-state index is 5.30. The van der Waals surface area contributed by atoms with Crippen molar-refractivity contribution < 1.29 is 9.47 Å². The molecule has 1 unspecified atom stereocenters. The summed E-state index contributed by atoms with van der Waals surface area (Å²) in [7, 11) is 3.39. The van der Waals surface area contributed by atoms with Crippen LogP contribution in [0, 0.1) is 0 Å². The van der Waals surface area contributed by atoms with Gasteiger partial charge in [0.05, 0.1) is 14.2 Å². The zero-order chi connectivity index (χ0) is 15.1. The van der Waals surface area contributed by atoms with Gasteiger partial charge in [-0.1, -0.05) is 31.2 Å². The van der Waals surface area contributed by atoms with Crippen LogP contribution in [0.25, 0.3) is 0 Å². The molecule has 0 aromatic heterocycles. The normalized spacial score (nSPS) is 12.0. The second-order valence-electron chi connectivity index (χ2n) is 4.94. The van der Waals surface area contributed by atoms with Crippen molar-refractivity contribution in [3.8, 4) is 11.5 Å². The number of rotatable bonds is 7. The smallest absolute Gasteiger partial charge is 0.119 e. The van der Waals surface area contributed by atoms with E-state index in [9.17, 15) is 0 Å². The summed E-state index contributed by atoms with van der Waals surface area (Å²) in [5, 5.41) is 3.54. The maximum atomic E-state index is 5.30. The summed E-state index contributed by atoms with van der Waals surface area (Å²) in [4.78, 5) is 0. The van der Waals surface area contributed by atoms with Crippen LogP contribution < -0.4 is 14.8 Å². The Bertz CT molecular complexity index is 551. The summed E-state index contributed by atoms with van der Waals surface area (Å²) in [6.45, 7) is 3.06. The summed E-state index contributed by atoms with van der Waals surface area (Å²) in [5.41, 5.74) is 2.52. The van der Waals surface area contributed by atoms with Crippen molar-refractivity contribution >= 4 is 0 Å². The van der Waals surface area contributed by atoms with E-state index in [1.807, 2.05) is 24.3 Å². The molecule has 0 aliphatic rings. The molecule has 0 aliphatic heterocycles. The maximum Gasteiger partial charge on any atom is 0.119 e. The lowest BCUT2D eigenvalue weighted by molar-refractivity contribution is 0.413. The van der Waals surface area contributed by atoms with Gasteiger partial charge in [-0.3, -0.25) is 0 Å². The van der Waals surface area contributed by atoms with Gasteiger partial charge in [-0.2, -0.15) is 0 Å². The van der Waals surface area contributed by atoms with E-state index in [-0.39, 0.29) is 6.04 Å². The molecule has 1 N–H and O–H groups in total. The fourth-order valence-electron chi connectivity index (χ4n) is 2.43. The Labute approximate surface area is 126 Å². The molecule has 112 valence electrons. The number of methoxy groups -OCH3 is 2. The minimum atomic E-state index is 0.285. The van der Waals surface area contributed by atoms with Gasteiger partial charge in [0.1, 0.15) is 11.5 Å². The average Bonchev–Trinajstić information content (AvgIpc) is 2.55. The minimum absolute atomic E-state index is 0.285. The van der Waals surface area contributed by atoms with Crippen molar-refractivity contribution in [3.63, 3.8) is 0 Å². The number of benzene rings is 2. The first-order valence-corrected chi connectivity index (χ1v) is 7.27. The quantitative estimate of drug-likeness (QED) is 0.843. The summed E-state index contributed by atoms with van der Waals surface area (Å²) in [5.74, 6) is 1.79. The Morgan fingerprint density at radius 3 is 2.29 bits per heavy atom. The number of nitrogens with one attached hydrogen (secondary N) is 1. The van der Waals surface area contributed by atoms with Crippen LogP contribution in [-0.2, 0) is 6.42 Å². The second-order valence-corrected chi connectivity index (χ2v) is 4.94. The van der Waals surface area contributed by atoms with Crippen molar-refractivity contribution in [2.24, 2.45) is 0 Å². The first-order chi connectivity index (χ1) is 10.3. The molecule has 0 spiro atoms. The van der Waals surface area contributed by atoms with Crippen molar-refractivity contribution in [2.45, 2.75) is 19.4 Å². The topological polar surface area (TPSA) is 30.5 Å². The van der Waals surface area contributed by atoms with Gasteiger partial charge in [0.15, 0.2) is 0 Å². The van der Waals surface area contributed by atoms with E-state index in [0.29, 0.717) is 0 Å². The second kappa shape index (κ2) is 7.70. The molecule has 0 heterocycles. The van der Waals surface area contributed by atoms with Crippen molar-refractivity contribution in [3.05, 3.63) is 59.7 Å². The molecule has 1 atom stereocenters. The molecule has 0 radical (unpaired) electrons. The Morgan fingerprint density at radius 2 is 1.67 bits per heavy atom. The Morgan fingerprint density at radius 1 is 0.952 bits per heavy atom. The van der Waals surface area contributed by atoms with Crippen LogP contribution in [0.3, 0.4) is 0 Å². The van der Waals surface area contributed by atoms with Crippen LogP contribution in [0.5, 0.6) is 11.5 Å². The molecular formula is C18H23NO2. The molecule has 0 bridgehead atoms. The monoisotopic (exact) mass is 285 g/mol. The minimum Gasteiger partial charge on any atom is -0.497 e. The van der Waals surface area contributed by atoms with Crippen LogP contribution in [0.2, 0.25) is 0 Å². The highest BCUT2D eigenvalue weighted by molar-refractivity contribution is 5.33. The highest BCUT2D eigenvalue weighted by Crippen LogP contribution is 2.23. The van der Waals surface area contributed by atoms with E-state index in [1.165, 1.54) is 11.1 Å². The van der Waals surface area contributed by atoms with Gasteiger partial charge < -0.3 is 14.8 Å². The summed E-state index contributed by atoms with van der Waals surface area (Å²) in [6, 6.07) is 16.8. The Kier molecular flexibility index (Phi) is 5.64. The fraction of sp³-hybridized carbons (Fsp3) is 0.333.